The number of nitrogens with zero attached hydrogens (tertiary/aromatic N) is 4. The van der Waals surface area contributed by atoms with E-state index in [4.69, 9.17) is 0 Å². The van der Waals surface area contributed by atoms with Crippen molar-refractivity contribution in [2.24, 2.45) is 0 Å². The van der Waals surface area contributed by atoms with Crippen LogP contribution in [0.3, 0.4) is 0 Å². The molecule has 6 heteroatoms. The Morgan fingerprint density at radius 1 is 1.50 bits per heavy atom. The summed E-state index contributed by atoms with van der Waals surface area (Å²) in [4.78, 5) is 8.35. The minimum absolute atomic E-state index is 0.501. The van der Waals surface area contributed by atoms with E-state index >= 15 is 0 Å². The minimum atomic E-state index is 0.501. The Bertz CT molecular complexity index is 513. The molecule has 0 amide bonds. The largest absolute Gasteiger partial charge is 0.378 e. The summed E-state index contributed by atoms with van der Waals surface area (Å²) >= 11 is 2.01. The van der Waals surface area contributed by atoms with E-state index in [0.29, 0.717) is 11.3 Å². The summed E-state index contributed by atoms with van der Waals surface area (Å²) in [5.41, 5.74) is 1.02. The van der Waals surface area contributed by atoms with Gasteiger partial charge in [0.2, 0.25) is 0 Å². The van der Waals surface area contributed by atoms with Crippen LogP contribution < -0.4 is 5.32 Å². The Morgan fingerprint density at radius 2 is 2.44 bits per heavy atom. The zero-order chi connectivity index (χ0) is 12.4. The van der Waals surface area contributed by atoms with E-state index in [0.717, 1.165) is 11.5 Å². The van der Waals surface area contributed by atoms with Gasteiger partial charge in [-0.05, 0) is 24.3 Å². The van der Waals surface area contributed by atoms with E-state index in [1.165, 1.54) is 18.5 Å². The molecular weight excluding hydrogens is 246 g/mol. The molecule has 18 heavy (non-hydrogen) atoms. The number of hydrogen-bond donors (Lipinski definition) is 1. The molecule has 0 saturated carbocycles. The zero-order valence-electron chi connectivity index (χ0n) is 10.2. The summed E-state index contributed by atoms with van der Waals surface area (Å²) < 4.78 is 1.69. The van der Waals surface area contributed by atoms with Gasteiger partial charge in [-0.25, -0.2) is 14.6 Å². The van der Waals surface area contributed by atoms with Gasteiger partial charge in [0.1, 0.15) is 12.7 Å². The van der Waals surface area contributed by atoms with Crippen LogP contribution in [-0.2, 0) is 0 Å². The monoisotopic (exact) mass is 261 g/mol. The summed E-state index contributed by atoms with van der Waals surface area (Å²) in [6, 6.07) is 4.48. The van der Waals surface area contributed by atoms with Crippen LogP contribution in [-0.4, -0.2) is 36.8 Å². The standard InChI is InChI=1S/C12H15N5S/c1-9-10(4-6-18-9)16-11-3-2-5-14-12(11)17-8-13-7-15-17/h2-3,5,7-10,16H,4,6H2,1H3. The van der Waals surface area contributed by atoms with E-state index < -0.39 is 0 Å². The third-order valence-electron chi connectivity index (χ3n) is 3.14. The van der Waals surface area contributed by atoms with Crippen LogP contribution in [0, 0.1) is 0 Å². The zero-order valence-corrected chi connectivity index (χ0v) is 11.0. The Kier molecular flexibility index (Phi) is 3.19. The van der Waals surface area contributed by atoms with Crippen LogP contribution in [0.1, 0.15) is 13.3 Å². The summed E-state index contributed by atoms with van der Waals surface area (Å²) in [5.74, 6) is 2.02. The summed E-state index contributed by atoms with van der Waals surface area (Å²) in [6.45, 7) is 2.26. The van der Waals surface area contributed by atoms with E-state index in [2.05, 4.69) is 27.3 Å². The molecular formula is C12H15N5S. The highest BCUT2D eigenvalue weighted by atomic mass is 32.2. The number of hydrogen-bond acceptors (Lipinski definition) is 5. The van der Waals surface area contributed by atoms with Gasteiger partial charge >= 0.3 is 0 Å². The second-order valence-electron chi connectivity index (χ2n) is 4.33. The molecule has 1 aliphatic rings. The number of aromatic nitrogens is 4. The first kappa shape index (κ1) is 11.5. The fourth-order valence-corrected chi connectivity index (χ4v) is 3.33. The van der Waals surface area contributed by atoms with Crippen molar-refractivity contribution < 1.29 is 0 Å². The highest BCUT2D eigenvalue weighted by molar-refractivity contribution is 8.00. The molecule has 0 aliphatic carbocycles. The normalized spacial score (nSPS) is 23.2. The van der Waals surface area contributed by atoms with E-state index in [1.807, 2.05) is 23.9 Å². The fourth-order valence-electron chi connectivity index (χ4n) is 2.13. The van der Waals surface area contributed by atoms with Crippen LogP contribution in [0.4, 0.5) is 5.69 Å². The first-order valence-electron chi connectivity index (χ1n) is 6.03. The van der Waals surface area contributed by atoms with Crippen LogP contribution in [0.5, 0.6) is 0 Å². The summed E-state index contributed by atoms with van der Waals surface area (Å²) in [6.07, 6.45) is 6.15. The molecule has 0 aromatic carbocycles. The Labute approximate surface area is 110 Å². The number of pyridine rings is 1. The summed E-state index contributed by atoms with van der Waals surface area (Å²) in [5, 5.41) is 8.35. The van der Waals surface area contributed by atoms with Crippen LogP contribution in [0.15, 0.2) is 31.0 Å². The molecule has 0 radical (unpaired) electrons. The van der Waals surface area contributed by atoms with Crippen molar-refractivity contribution >= 4 is 17.4 Å². The molecule has 1 N–H and O–H groups in total. The van der Waals surface area contributed by atoms with Crippen molar-refractivity contribution in [3.63, 3.8) is 0 Å². The van der Waals surface area contributed by atoms with Gasteiger partial charge in [0, 0.05) is 17.5 Å². The van der Waals surface area contributed by atoms with Gasteiger partial charge in [-0.1, -0.05) is 6.92 Å². The molecule has 1 fully saturated rings. The molecule has 2 aromatic heterocycles. The lowest BCUT2D eigenvalue weighted by Crippen LogP contribution is -2.25. The highest BCUT2D eigenvalue weighted by Crippen LogP contribution is 2.29. The van der Waals surface area contributed by atoms with Gasteiger partial charge in [0.25, 0.3) is 0 Å². The maximum absolute atomic E-state index is 4.38. The Morgan fingerprint density at radius 3 is 3.17 bits per heavy atom. The second-order valence-corrected chi connectivity index (χ2v) is 5.82. The quantitative estimate of drug-likeness (QED) is 0.915. The van der Waals surface area contributed by atoms with Gasteiger partial charge in [0.15, 0.2) is 5.82 Å². The predicted molar refractivity (Wildman–Crippen MR) is 73.1 cm³/mol. The van der Waals surface area contributed by atoms with E-state index in [1.54, 1.807) is 17.2 Å². The van der Waals surface area contributed by atoms with Crippen molar-refractivity contribution in [1.82, 2.24) is 19.7 Å². The van der Waals surface area contributed by atoms with Crippen molar-refractivity contribution in [3.8, 4) is 5.82 Å². The van der Waals surface area contributed by atoms with Gasteiger partial charge in [-0.3, -0.25) is 0 Å². The SMILES string of the molecule is CC1SCCC1Nc1cccnc1-n1cncn1. The molecule has 3 heterocycles. The molecule has 5 nitrogen and oxygen atoms in total. The Hall–Kier alpha value is -1.56. The van der Waals surface area contributed by atoms with Crippen LogP contribution in [0.25, 0.3) is 5.82 Å². The van der Waals surface area contributed by atoms with Crippen molar-refractivity contribution in [2.45, 2.75) is 24.6 Å². The molecule has 94 valence electrons. The first-order valence-corrected chi connectivity index (χ1v) is 7.07. The van der Waals surface area contributed by atoms with Crippen LogP contribution in [0.2, 0.25) is 0 Å². The topological polar surface area (TPSA) is 55.6 Å². The smallest absolute Gasteiger partial charge is 0.178 e. The lowest BCUT2D eigenvalue weighted by atomic mass is 10.1. The Balaban J connectivity index is 1.88. The van der Waals surface area contributed by atoms with Crippen molar-refractivity contribution in [3.05, 3.63) is 31.0 Å². The maximum Gasteiger partial charge on any atom is 0.178 e. The molecule has 3 rings (SSSR count). The van der Waals surface area contributed by atoms with Gasteiger partial charge in [-0.15, -0.1) is 0 Å². The third kappa shape index (κ3) is 2.20. The predicted octanol–water partition coefficient (Wildman–Crippen LogP) is 1.97. The maximum atomic E-state index is 4.38. The van der Waals surface area contributed by atoms with Gasteiger partial charge in [-0.2, -0.15) is 16.9 Å². The third-order valence-corrected chi connectivity index (χ3v) is 4.47. The molecule has 1 saturated heterocycles. The molecule has 2 atom stereocenters. The molecule has 1 aliphatic heterocycles. The lowest BCUT2D eigenvalue weighted by Gasteiger charge is -2.19. The lowest BCUT2D eigenvalue weighted by molar-refractivity contribution is 0.719. The first-order chi connectivity index (χ1) is 8.84. The van der Waals surface area contributed by atoms with Crippen molar-refractivity contribution in [2.75, 3.05) is 11.1 Å². The molecule has 2 unspecified atom stereocenters. The van der Waals surface area contributed by atoms with Crippen molar-refractivity contribution in [1.29, 1.82) is 0 Å². The average Bonchev–Trinajstić information content (AvgIpc) is 3.03. The second kappa shape index (κ2) is 4.97. The minimum Gasteiger partial charge on any atom is -0.378 e. The van der Waals surface area contributed by atoms with E-state index in [9.17, 15) is 0 Å². The van der Waals surface area contributed by atoms with Gasteiger partial charge in [0.05, 0.1) is 5.69 Å². The number of thioether (sulfide) groups is 1. The molecule has 0 spiro atoms. The fraction of sp³-hybridized carbons (Fsp3) is 0.417. The molecule has 0 bridgehead atoms. The van der Waals surface area contributed by atoms with Gasteiger partial charge < -0.3 is 5.32 Å². The summed E-state index contributed by atoms with van der Waals surface area (Å²) in [7, 11) is 0. The van der Waals surface area contributed by atoms with E-state index in [-0.39, 0.29) is 0 Å². The average molecular weight is 261 g/mol. The molecule has 2 aromatic rings. The highest BCUT2D eigenvalue weighted by Gasteiger charge is 2.24. The number of rotatable bonds is 3. The number of anilines is 1. The van der Waals surface area contributed by atoms with Crippen LogP contribution >= 0.6 is 11.8 Å². The number of nitrogens with one attached hydrogen (secondary N) is 1.